The lowest BCUT2D eigenvalue weighted by Gasteiger charge is -2.16. The molecule has 1 heterocycles. The minimum absolute atomic E-state index is 0.115. The fraction of sp³-hybridized carbons (Fsp3) is 0.176. The van der Waals surface area contributed by atoms with E-state index in [1.807, 2.05) is 30.6 Å². The van der Waals surface area contributed by atoms with Gasteiger partial charge in [0.2, 0.25) is 0 Å². The summed E-state index contributed by atoms with van der Waals surface area (Å²) in [5, 5.41) is 8.55. The van der Waals surface area contributed by atoms with Crippen LogP contribution in [0.25, 0.3) is 10.8 Å². The molecule has 0 amide bonds. The molecule has 21 heavy (non-hydrogen) atoms. The Kier molecular flexibility index (Phi) is 4.15. The predicted octanol–water partition coefficient (Wildman–Crippen LogP) is 4.87. The molecule has 0 saturated carbocycles. The van der Waals surface area contributed by atoms with Gasteiger partial charge in [0.25, 0.3) is 0 Å². The summed E-state index contributed by atoms with van der Waals surface area (Å²) >= 11 is 7.95. The van der Waals surface area contributed by atoms with Gasteiger partial charge in [-0.25, -0.2) is 0 Å². The van der Waals surface area contributed by atoms with Gasteiger partial charge in [0, 0.05) is 4.88 Å². The van der Waals surface area contributed by atoms with Crippen LogP contribution in [0, 0.1) is 0 Å². The monoisotopic (exact) mass is 317 g/mol. The molecule has 2 nitrogen and oxygen atoms in total. The van der Waals surface area contributed by atoms with Crippen LogP contribution >= 0.6 is 22.9 Å². The number of halogens is 1. The van der Waals surface area contributed by atoms with Gasteiger partial charge in [0.1, 0.15) is 5.75 Å². The third-order valence-electron chi connectivity index (χ3n) is 3.60. The molecule has 0 aliphatic carbocycles. The average Bonchev–Trinajstić information content (AvgIpc) is 2.93. The molecule has 0 radical (unpaired) electrons. The highest BCUT2D eigenvalue weighted by molar-refractivity contribution is 7.10. The van der Waals surface area contributed by atoms with E-state index < -0.39 is 0 Å². The summed E-state index contributed by atoms with van der Waals surface area (Å²) in [6, 6.07) is 14.6. The molecule has 1 aromatic heterocycles. The zero-order valence-corrected chi connectivity index (χ0v) is 13.5. The van der Waals surface area contributed by atoms with Crippen molar-refractivity contribution in [2.45, 2.75) is 6.04 Å². The number of benzene rings is 2. The molecule has 0 fully saturated rings. The molecule has 0 aliphatic rings. The highest BCUT2D eigenvalue weighted by atomic mass is 35.5. The van der Waals surface area contributed by atoms with E-state index in [-0.39, 0.29) is 6.04 Å². The third kappa shape index (κ3) is 2.77. The Morgan fingerprint density at radius 1 is 1.10 bits per heavy atom. The number of thiophene rings is 1. The van der Waals surface area contributed by atoms with E-state index >= 15 is 0 Å². The van der Waals surface area contributed by atoms with Crippen LogP contribution in [0.3, 0.4) is 0 Å². The maximum absolute atomic E-state index is 6.27. The number of ether oxygens (including phenoxy) is 1. The van der Waals surface area contributed by atoms with E-state index in [4.69, 9.17) is 16.3 Å². The van der Waals surface area contributed by atoms with Crippen molar-refractivity contribution < 1.29 is 4.74 Å². The van der Waals surface area contributed by atoms with Gasteiger partial charge in [-0.15, -0.1) is 11.3 Å². The minimum Gasteiger partial charge on any atom is -0.497 e. The molecule has 108 valence electrons. The Labute approximate surface area is 133 Å². The first kappa shape index (κ1) is 14.4. The van der Waals surface area contributed by atoms with Crippen molar-refractivity contribution in [3.8, 4) is 5.75 Å². The van der Waals surface area contributed by atoms with Crippen molar-refractivity contribution in [1.29, 1.82) is 0 Å². The van der Waals surface area contributed by atoms with Gasteiger partial charge >= 0.3 is 0 Å². The fourth-order valence-corrected chi connectivity index (χ4v) is 3.81. The maximum atomic E-state index is 6.27. The van der Waals surface area contributed by atoms with E-state index in [0.29, 0.717) is 0 Å². The lowest BCUT2D eigenvalue weighted by Crippen LogP contribution is -2.16. The van der Waals surface area contributed by atoms with Gasteiger partial charge in [-0.05, 0) is 53.0 Å². The normalized spacial score (nSPS) is 12.5. The Morgan fingerprint density at radius 3 is 2.52 bits per heavy atom. The van der Waals surface area contributed by atoms with Crippen LogP contribution < -0.4 is 10.1 Å². The van der Waals surface area contributed by atoms with Gasteiger partial charge in [-0.3, -0.25) is 0 Å². The molecule has 3 rings (SSSR count). The molecule has 4 heteroatoms. The zero-order chi connectivity index (χ0) is 14.8. The van der Waals surface area contributed by atoms with E-state index in [9.17, 15) is 0 Å². The first-order valence-corrected chi connectivity index (χ1v) is 7.96. The van der Waals surface area contributed by atoms with Crippen LogP contribution in [0.15, 0.2) is 47.8 Å². The molecule has 0 spiro atoms. The van der Waals surface area contributed by atoms with Gasteiger partial charge < -0.3 is 10.1 Å². The molecule has 1 unspecified atom stereocenters. The Morgan fingerprint density at radius 2 is 1.86 bits per heavy atom. The first-order valence-electron chi connectivity index (χ1n) is 6.71. The van der Waals surface area contributed by atoms with Crippen LogP contribution in [-0.4, -0.2) is 14.2 Å². The molecule has 1 N–H and O–H groups in total. The fourth-order valence-electron chi connectivity index (χ4n) is 2.51. The van der Waals surface area contributed by atoms with Crippen LogP contribution in [-0.2, 0) is 0 Å². The van der Waals surface area contributed by atoms with Crippen molar-refractivity contribution in [1.82, 2.24) is 5.32 Å². The van der Waals surface area contributed by atoms with Crippen molar-refractivity contribution in [2.24, 2.45) is 0 Å². The number of hydrogen-bond donors (Lipinski definition) is 1. The van der Waals surface area contributed by atoms with E-state index in [0.717, 1.165) is 15.6 Å². The summed E-state index contributed by atoms with van der Waals surface area (Å²) in [4.78, 5) is 1.15. The number of nitrogens with one attached hydrogen (secondary N) is 1. The van der Waals surface area contributed by atoms with Crippen molar-refractivity contribution in [3.05, 3.63) is 63.3 Å². The van der Waals surface area contributed by atoms with Gasteiger partial charge in [-0.1, -0.05) is 29.8 Å². The zero-order valence-electron chi connectivity index (χ0n) is 11.9. The Bertz CT molecular complexity index is 768. The summed E-state index contributed by atoms with van der Waals surface area (Å²) in [5.74, 6) is 0.877. The van der Waals surface area contributed by atoms with E-state index in [1.54, 1.807) is 18.4 Å². The Hall–Kier alpha value is -1.55. The average molecular weight is 318 g/mol. The molecule has 1 atom stereocenters. The van der Waals surface area contributed by atoms with Crippen molar-refractivity contribution in [2.75, 3.05) is 14.2 Å². The number of hydrogen-bond acceptors (Lipinski definition) is 3. The lowest BCUT2D eigenvalue weighted by molar-refractivity contribution is 0.415. The number of rotatable bonds is 4. The van der Waals surface area contributed by atoms with Gasteiger partial charge in [-0.2, -0.15) is 0 Å². The third-order valence-corrected chi connectivity index (χ3v) is 5.02. The molecular formula is C17H16ClNOS. The van der Waals surface area contributed by atoms with Crippen LogP contribution in [0.1, 0.15) is 16.5 Å². The second-order valence-electron chi connectivity index (χ2n) is 4.83. The van der Waals surface area contributed by atoms with Crippen LogP contribution in [0.5, 0.6) is 5.75 Å². The smallest absolute Gasteiger partial charge is 0.119 e. The van der Waals surface area contributed by atoms with Crippen LogP contribution in [0.2, 0.25) is 5.02 Å². The second-order valence-corrected chi connectivity index (χ2v) is 6.18. The molecule has 0 bridgehead atoms. The summed E-state index contributed by atoms with van der Waals surface area (Å²) in [6.07, 6.45) is 0. The first-order chi connectivity index (χ1) is 10.2. The van der Waals surface area contributed by atoms with Gasteiger partial charge in [0.15, 0.2) is 0 Å². The molecular weight excluding hydrogens is 302 g/mol. The van der Waals surface area contributed by atoms with E-state index in [1.165, 1.54) is 16.3 Å². The second kappa shape index (κ2) is 6.06. The summed E-state index contributed by atoms with van der Waals surface area (Å²) in [7, 11) is 3.64. The number of fused-ring (bicyclic) bond motifs is 1. The molecule has 3 aromatic rings. The maximum Gasteiger partial charge on any atom is 0.119 e. The van der Waals surface area contributed by atoms with Crippen LogP contribution in [0.4, 0.5) is 0 Å². The number of methoxy groups -OCH3 is 1. The highest BCUT2D eigenvalue weighted by Crippen LogP contribution is 2.34. The van der Waals surface area contributed by atoms with Gasteiger partial charge in [0.05, 0.1) is 18.2 Å². The van der Waals surface area contributed by atoms with E-state index in [2.05, 4.69) is 29.6 Å². The summed E-state index contributed by atoms with van der Waals surface area (Å²) < 4.78 is 5.27. The Balaban J connectivity index is 2.05. The summed E-state index contributed by atoms with van der Waals surface area (Å²) in [6.45, 7) is 0. The molecule has 0 saturated heterocycles. The predicted molar refractivity (Wildman–Crippen MR) is 90.7 cm³/mol. The quantitative estimate of drug-likeness (QED) is 0.741. The molecule has 0 aliphatic heterocycles. The van der Waals surface area contributed by atoms with Crippen molar-refractivity contribution in [3.63, 3.8) is 0 Å². The standard InChI is InChI=1S/C17H16ClNOS/c1-19-16(17-15(18)7-8-21-17)13-4-3-12-10-14(20-2)6-5-11(12)9-13/h3-10,16,19H,1-2H3. The van der Waals surface area contributed by atoms with Crippen molar-refractivity contribution >= 4 is 33.7 Å². The minimum atomic E-state index is 0.115. The summed E-state index contributed by atoms with van der Waals surface area (Å²) in [5.41, 5.74) is 1.21. The lowest BCUT2D eigenvalue weighted by atomic mass is 10.0. The highest BCUT2D eigenvalue weighted by Gasteiger charge is 2.16. The largest absolute Gasteiger partial charge is 0.497 e. The SMILES string of the molecule is CNC(c1ccc2cc(OC)ccc2c1)c1sccc1Cl. The molecule has 2 aromatic carbocycles. The topological polar surface area (TPSA) is 21.3 Å².